The van der Waals surface area contributed by atoms with Gasteiger partial charge in [-0.15, -0.1) is 0 Å². The molecule has 7 nitrogen and oxygen atoms in total. The first kappa shape index (κ1) is 31.2. The first-order chi connectivity index (χ1) is 20.1. The summed E-state index contributed by atoms with van der Waals surface area (Å²) in [6, 6.07) is 18.3. The Morgan fingerprint density at radius 3 is 2.19 bits per heavy atom. The highest BCUT2D eigenvalue weighted by atomic mass is 32.2. The van der Waals surface area contributed by atoms with E-state index in [1.165, 1.54) is 17.0 Å². The molecule has 9 heteroatoms. The number of sulfonamides is 1. The van der Waals surface area contributed by atoms with Crippen molar-refractivity contribution in [3.05, 3.63) is 95.3 Å². The molecule has 0 heterocycles. The highest BCUT2D eigenvalue weighted by molar-refractivity contribution is 7.92. The Morgan fingerprint density at radius 2 is 1.57 bits per heavy atom. The molecule has 0 aliphatic heterocycles. The number of benzene rings is 3. The van der Waals surface area contributed by atoms with Crippen molar-refractivity contribution in [3.8, 4) is 0 Å². The lowest BCUT2D eigenvalue weighted by Crippen LogP contribution is -2.54. The number of rotatable bonds is 11. The maximum absolute atomic E-state index is 14.2. The Kier molecular flexibility index (Phi) is 10.4. The van der Waals surface area contributed by atoms with E-state index in [0.29, 0.717) is 12.1 Å². The van der Waals surface area contributed by atoms with Crippen LogP contribution in [0.15, 0.2) is 77.7 Å². The highest BCUT2D eigenvalue weighted by Gasteiger charge is 2.34. The van der Waals surface area contributed by atoms with Gasteiger partial charge in [0.25, 0.3) is 10.0 Å². The fourth-order valence-electron chi connectivity index (χ4n) is 5.41. The number of amides is 2. The molecule has 1 aliphatic rings. The lowest BCUT2D eigenvalue weighted by Gasteiger charge is -2.34. The lowest BCUT2D eigenvalue weighted by molar-refractivity contribution is -0.140. The SMILES string of the molecule is CC[C@@H](C(=O)NC1CCCCC1)N(Cc1ccccc1C)C(=O)CN(c1ccc(C)cc1)S(=O)(=O)c1ccc(F)cc1. The molecule has 1 atom stereocenters. The summed E-state index contributed by atoms with van der Waals surface area (Å²) in [5, 5.41) is 3.16. The van der Waals surface area contributed by atoms with Gasteiger partial charge in [-0.25, -0.2) is 12.8 Å². The van der Waals surface area contributed by atoms with Crippen LogP contribution in [0, 0.1) is 19.7 Å². The number of nitrogens with one attached hydrogen (secondary N) is 1. The molecule has 0 unspecified atom stereocenters. The Labute approximate surface area is 248 Å². The van der Waals surface area contributed by atoms with E-state index in [1.54, 1.807) is 24.3 Å². The second-order valence-corrected chi connectivity index (χ2v) is 12.9. The molecule has 0 bridgehead atoms. The zero-order valence-corrected chi connectivity index (χ0v) is 25.4. The predicted octanol–water partition coefficient (Wildman–Crippen LogP) is 5.89. The lowest BCUT2D eigenvalue weighted by atomic mass is 9.95. The van der Waals surface area contributed by atoms with Crippen LogP contribution in [0.3, 0.4) is 0 Å². The summed E-state index contributed by atoms with van der Waals surface area (Å²) in [7, 11) is -4.25. The summed E-state index contributed by atoms with van der Waals surface area (Å²) in [6.45, 7) is 5.31. The van der Waals surface area contributed by atoms with Crippen molar-refractivity contribution in [3.63, 3.8) is 0 Å². The summed E-state index contributed by atoms with van der Waals surface area (Å²) in [6.07, 6.45) is 5.45. The first-order valence-corrected chi connectivity index (χ1v) is 16.0. The van der Waals surface area contributed by atoms with Gasteiger partial charge in [-0.3, -0.25) is 13.9 Å². The van der Waals surface area contributed by atoms with E-state index in [-0.39, 0.29) is 23.4 Å². The fourth-order valence-corrected chi connectivity index (χ4v) is 6.82. The average molecular weight is 594 g/mol. The molecule has 1 fully saturated rings. The van der Waals surface area contributed by atoms with E-state index in [1.807, 2.05) is 45.0 Å². The molecule has 3 aromatic carbocycles. The number of halogens is 1. The van der Waals surface area contributed by atoms with E-state index in [4.69, 9.17) is 0 Å². The molecule has 2 amide bonds. The topological polar surface area (TPSA) is 86.8 Å². The minimum atomic E-state index is -4.25. The molecular weight excluding hydrogens is 553 g/mol. The van der Waals surface area contributed by atoms with Crippen molar-refractivity contribution < 1.29 is 22.4 Å². The van der Waals surface area contributed by atoms with Gasteiger partial charge in [0, 0.05) is 12.6 Å². The molecule has 3 aromatic rings. The van der Waals surface area contributed by atoms with E-state index < -0.39 is 34.3 Å². The van der Waals surface area contributed by atoms with E-state index in [0.717, 1.165) is 65.2 Å². The Morgan fingerprint density at radius 1 is 0.929 bits per heavy atom. The largest absolute Gasteiger partial charge is 0.352 e. The number of carbonyl (C=O) groups excluding carboxylic acids is 2. The summed E-state index contributed by atoms with van der Waals surface area (Å²) in [4.78, 5) is 29.2. The summed E-state index contributed by atoms with van der Waals surface area (Å²) in [5.74, 6) is -1.30. The van der Waals surface area contributed by atoms with Crippen LogP contribution in [0.2, 0.25) is 0 Å². The van der Waals surface area contributed by atoms with Gasteiger partial charge < -0.3 is 10.2 Å². The summed E-state index contributed by atoms with van der Waals surface area (Å²) >= 11 is 0. The maximum Gasteiger partial charge on any atom is 0.264 e. The minimum absolute atomic E-state index is 0.0682. The van der Waals surface area contributed by atoms with Crippen LogP contribution in [0.5, 0.6) is 0 Å². The van der Waals surface area contributed by atoms with Crippen LogP contribution < -0.4 is 9.62 Å². The Balaban J connectivity index is 1.71. The quantitative estimate of drug-likeness (QED) is 0.300. The van der Waals surface area contributed by atoms with Crippen molar-refractivity contribution in [1.82, 2.24) is 10.2 Å². The van der Waals surface area contributed by atoms with Gasteiger partial charge in [0.05, 0.1) is 10.6 Å². The molecule has 1 saturated carbocycles. The van der Waals surface area contributed by atoms with Crippen molar-refractivity contribution >= 4 is 27.5 Å². The Bertz CT molecular complexity index is 1470. The number of hydrogen-bond acceptors (Lipinski definition) is 4. The van der Waals surface area contributed by atoms with E-state index >= 15 is 0 Å². The maximum atomic E-state index is 14.2. The zero-order valence-electron chi connectivity index (χ0n) is 24.6. The number of hydrogen-bond donors (Lipinski definition) is 1. The normalized spacial score (nSPS) is 14.7. The highest BCUT2D eigenvalue weighted by Crippen LogP contribution is 2.26. The number of aryl methyl sites for hydroxylation is 2. The van der Waals surface area contributed by atoms with Crippen LogP contribution in [0.25, 0.3) is 0 Å². The number of carbonyl (C=O) groups is 2. The molecule has 0 saturated heterocycles. The van der Waals surface area contributed by atoms with E-state index in [2.05, 4.69) is 5.32 Å². The molecule has 0 spiro atoms. The molecule has 1 aliphatic carbocycles. The van der Waals surface area contributed by atoms with Crippen molar-refractivity contribution in [2.45, 2.75) is 82.8 Å². The van der Waals surface area contributed by atoms with Crippen LogP contribution in [0.4, 0.5) is 10.1 Å². The zero-order chi connectivity index (χ0) is 30.3. The molecule has 0 radical (unpaired) electrons. The first-order valence-electron chi connectivity index (χ1n) is 14.6. The van der Waals surface area contributed by atoms with Crippen LogP contribution in [-0.2, 0) is 26.2 Å². The molecule has 0 aromatic heterocycles. The second-order valence-electron chi connectivity index (χ2n) is 11.0. The van der Waals surface area contributed by atoms with Gasteiger partial charge in [-0.05, 0) is 80.6 Å². The van der Waals surface area contributed by atoms with Crippen LogP contribution in [-0.4, -0.2) is 43.8 Å². The monoisotopic (exact) mass is 593 g/mol. The minimum Gasteiger partial charge on any atom is -0.352 e. The van der Waals surface area contributed by atoms with Crippen molar-refractivity contribution in [2.24, 2.45) is 0 Å². The number of nitrogens with zero attached hydrogens (tertiary/aromatic N) is 2. The number of anilines is 1. The van der Waals surface area contributed by atoms with Crippen LogP contribution in [0.1, 0.15) is 62.1 Å². The van der Waals surface area contributed by atoms with Gasteiger partial charge in [0.15, 0.2) is 0 Å². The Hall–Kier alpha value is -3.72. The van der Waals surface area contributed by atoms with E-state index in [9.17, 15) is 22.4 Å². The second kappa shape index (κ2) is 14.0. The third-order valence-electron chi connectivity index (χ3n) is 7.94. The van der Waals surface area contributed by atoms with Crippen LogP contribution >= 0.6 is 0 Å². The standard InChI is InChI=1S/C33H40FN3O4S/c1-4-31(33(39)35-28-12-6-5-7-13-28)36(22-26-11-9-8-10-25(26)3)32(38)23-37(29-18-14-24(2)15-19-29)42(40,41)30-20-16-27(34)17-21-30/h8-11,14-21,28,31H,4-7,12-13,22-23H2,1-3H3,(H,35,39)/t31-/m0/s1. The third kappa shape index (κ3) is 7.56. The fraction of sp³-hybridized carbons (Fsp3) is 0.394. The van der Waals surface area contributed by atoms with Gasteiger partial charge in [0.1, 0.15) is 18.4 Å². The average Bonchev–Trinajstić information content (AvgIpc) is 2.98. The van der Waals surface area contributed by atoms with Crippen molar-refractivity contribution in [2.75, 3.05) is 10.8 Å². The van der Waals surface area contributed by atoms with Gasteiger partial charge >= 0.3 is 0 Å². The predicted molar refractivity (Wildman–Crippen MR) is 163 cm³/mol. The van der Waals surface area contributed by atoms with Gasteiger partial charge in [-0.1, -0.05) is 68.1 Å². The molecule has 224 valence electrons. The molecule has 4 rings (SSSR count). The summed E-state index contributed by atoms with van der Waals surface area (Å²) < 4.78 is 42.5. The van der Waals surface area contributed by atoms with Gasteiger partial charge in [0.2, 0.25) is 11.8 Å². The smallest absolute Gasteiger partial charge is 0.264 e. The molecular formula is C33H40FN3O4S. The van der Waals surface area contributed by atoms with Gasteiger partial charge in [-0.2, -0.15) is 0 Å². The third-order valence-corrected chi connectivity index (χ3v) is 9.73. The molecule has 42 heavy (non-hydrogen) atoms. The van der Waals surface area contributed by atoms with Crippen molar-refractivity contribution in [1.29, 1.82) is 0 Å². The summed E-state index contributed by atoms with van der Waals surface area (Å²) in [5.41, 5.74) is 3.06. The molecule has 1 N–H and O–H groups in total.